The lowest BCUT2D eigenvalue weighted by Crippen LogP contribution is -2.54. The van der Waals surface area contributed by atoms with Crippen LogP contribution >= 0.6 is 15.9 Å². The van der Waals surface area contributed by atoms with Gasteiger partial charge in [0.1, 0.15) is 0 Å². The van der Waals surface area contributed by atoms with Gasteiger partial charge in [-0.2, -0.15) is 0 Å². The molecule has 1 aromatic rings. The summed E-state index contributed by atoms with van der Waals surface area (Å²) in [5.41, 5.74) is 6.78. The summed E-state index contributed by atoms with van der Waals surface area (Å²) in [5, 5.41) is 0. The Kier molecular flexibility index (Phi) is 2.62. The number of nitrogens with zero attached hydrogens (tertiary/aromatic N) is 2. The molecule has 0 aromatic carbocycles. The minimum Gasteiger partial charge on any atom is -0.325 e. The van der Waals surface area contributed by atoms with Crippen LogP contribution in [0.3, 0.4) is 0 Å². The van der Waals surface area contributed by atoms with E-state index in [0.717, 1.165) is 29.8 Å². The van der Waals surface area contributed by atoms with E-state index in [1.807, 2.05) is 18.3 Å². The highest BCUT2D eigenvalue weighted by Gasteiger charge is 2.22. The smallest absolute Gasteiger partial charge is 0.0544 e. The summed E-state index contributed by atoms with van der Waals surface area (Å²) in [7, 11) is 0. The number of rotatable bonds is 2. The van der Waals surface area contributed by atoms with Gasteiger partial charge in [-0.05, 0) is 28.1 Å². The molecule has 0 spiro atoms. The van der Waals surface area contributed by atoms with Crippen LogP contribution in [0.4, 0.5) is 0 Å². The second kappa shape index (κ2) is 3.74. The van der Waals surface area contributed by atoms with Crippen molar-refractivity contribution < 1.29 is 0 Å². The van der Waals surface area contributed by atoms with Crippen LogP contribution in [-0.4, -0.2) is 29.0 Å². The van der Waals surface area contributed by atoms with E-state index in [0.29, 0.717) is 6.04 Å². The van der Waals surface area contributed by atoms with Gasteiger partial charge < -0.3 is 5.73 Å². The Morgan fingerprint density at radius 1 is 1.54 bits per heavy atom. The van der Waals surface area contributed by atoms with Crippen LogP contribution in [0.25, 0.3) is 0 Å². The maximum Gasteiger partial charge on any atom is 0.0544 e. The molecule has 4 heteroatoms. The molecular weight excluding hydrogens is 230 g/mol. The Bertz CT molecular complexity index is 279. The Morgan fingerprint density at radius 2 is 2.31 bits per heavy atom. The van der Waals surface area contributed by atoms with Crippen LogP contribution in [0, 0.1) is 0 Å². The largest absolute Gasteiger partial charge is 0.325 e. The molecule has 0 radical (unpaired) electrons. The predicted molar refractivity (Wildman–Crippen MR) is 55.2 cm³/mol. The number of pyridine rings is 1. The maximum atomic E-state index is 5.68. The van der Waals surface area contributed by atoms with Gasteiger partial charge in [-0.1, -0.05) is 0 Å². The highest BCUT2D eigenvalue weighted by molar-refractivity contribution is 9.10. The fraction of sp³-hybridized carbons (Fsp3) is 0.444. The van der Waals surface area contributed by atoms with Crippen LogP contribution in [0.1, 0.15) is 5.69 Å². The Labute approximate surface area is 86.1 Å². The zero-order valence-corrected chi connectivity index (χ0v) is 8.87. The van der Waals surface area contributed by atoms with Crippen LogP contribution in [0.2, 0.25) is 0 Å². The molecule has 0 saturated carbocycles. The van der Waals surface area contributed by atoms with Crippen LogP contribution in [0.5, 0.6) is 0 Å². The minimum atomic E-state index is 0.371. The fourth-order valence-corrected chi connectivity index (χ4v) is 1.70. The van der Waals surface area contributed by atoms with E-state index in [2.05, 4.69) is 25.8 Å². The second-order valence-corrected chi connectivity index (χ2v) is 4.34. The van der Waals surface area contributed by atoms with Crippen molar-refractivity contribution >= 4 is 15.9 Å². The van der Waals surface area contributed by atoms with E-state index in [1.165, 1.54) is 0 Å². The molecule has 0 atom stereocenters. The van der Waals surface area contributed by atoms with Crippen LogP contribution < -0.4 is 5.73 Å². The second-order valence-electron chi connectivity index (χ2n) is 3.42. The standard InChI is InChI=1S/C9H12BrN3/c10-7-1-2-9(12-3-7)6-13-4-8(11)5-13/h1-3,8H,4-6,11H2. The van der Waals surface area contributed by atoms with Crippen molar-refractivity contribution in [2.24, 2.45) is 5.73 Å². The molecule has 1 aliphatic heterocycles. The Morgan fingerprint density at radius 3 is 2.85 bits per heavy atom. The zero-order valence-electron chi connectivity index (χ0n) is 7.28. The summed E-state index contributed by atoms with van der Waals surface area (Å²) in [4.78, 5) is 6.59. The molecule has 2 heterocycles. The lowest BCUT2D eigenvalue weighted by molar-refractivity contribution is 0.140. The molecule has 2 N–H and O–H groups in total. The molecule has 1 fully saturated rings. The molecule has 1 aromatic heterocycles. The average Bonchev–Trinajstić information content (AvgIpc) is 2.06. The van der Waals surface area contributed by atoms with Crippen molar-refractivity contribution in [3.8, 4) is 0 Å². The van der Waals surface area contributed by atoms with Gasteiger partial charge in [0.05, 0.1) is 5.69 Å². The van der Waals surface area contributed by atoms with Crippen molar-refractivity contribution in [2.75, 3.05) is 13.1 Å². The molecule has 0 bridgehead atoms. The SMILES string of the molecule is NC1CN(Cc2ccc(Br)cn2)C1. The highest BCUT2D eigenvalue weighted by Crippen LogP contribution is 2.12. The fourth-order valence-electron chi connectivity index (χ4n) is 1.47. The number of aromatic nitrogens is 1. The van der Waals surface area contributed by atoms with Crippen molar-refractivity contribution in [1.29, 1.82) is 0 Å². The van der Waals surface area contributed by atoms with Gasteiger partial charge in [-0.15, -0.1) is 0 Å². The van der Waals surface area contributed by atoms with Crippen molar-refractivity contribution in [3.63, 3.8) is 0 Å². The predicted octanol–water partition coefficient (Wildman–Crippen LogP) is 0.987. The molecular formula is C9H12BrN3. The molecule has 70 valence electrons. The number of hydrogen-bond acceptors (Lipinski definition) is 3. The molecule has 1 saturated heterocycles. The van der Waals surface area contributed by atoms with Crippen molar-refractivity contribution in [3.05, 3.63) is 28.5 Å². The molecule has 1 aliphatic rings. The Balaban J connectivity index is 1.91. The summed E-state index contributed by atoms with van der Waals surface area (Å²) in [5.74, 6) is 0. The summed E-state index contributed by atoms with van der Waals surface area (Å²) < 4.78 is 1.02. The van der Waals surface area contributed by atoms with Gasteiger partial charge in [0.2, 0.25) is 0 Å². The normalized spacial score (nSPS) is 18.6. The third-order valence-corrected chi connectivity index (χ3v) is 2.63. The average molecular weight is 242 g/mol. The molecule has 3 nitrogen and oxygen atoms in total. The lowest BCUT2D eigenvalue weighted by atomic mass is 10.1. The van der Waals surface area contributed by atoms with Gasteiger partial charge in [0.25, 0.3) is 0 Å². The van der Waals surface area contributed by atoms with Crippen LogP contribution in [0.15, 0.2) is 22.8 Å². The molecule has 13 heavy (non-hydrogen) atoms. The summed E-state index contributed by atoms with van der Waals surface area (Å²) >= 11 is 3.36. The van der Waals surface area contributed by atoms with E-state index in [9.17, 15) is 0 Å². The highest BCUT2D eigenvalue weighted by atomic mass is 79.9. The first-order valence-corrected chi connectivity index (χ1v) is 5.12. The monoisotopic (exact) mass is 241 g/mol. The van der Waals surface area contributed by atoms with Gasteiger partial charge in [0, 0.05) is 36.3 Å². The third kappa shape index (κ3) is 2.27. The molecule has 0 amide bonds. The quantitative estimate of drug-likeness (QED) is 0.840. The van der Waals surface area contributed by atoms with Gasteiger partial charge >= 0.3 is 0 Å². The first-order valence-electron chi connectivity index (χ1n) is 4.32. The molecule has 0 unspecified atom stereocenters. The zero-order chi connectivity index (χ0) is 9.26. The third-order valence-electron chi connectivity index (χ3n) is 2.16. The summed E-state index contributed by atoms with van der Waals surface area (Å²) in [6.07, 6.45) is 1.83. The van der Waals surface area contributed by atoms with E-state index in [4.69, 9.17) is 5.73 Å². The van der Waals surface area contributed by atoms with Crippen LogP contribution in [-0.2, 0) is 6.54 Å². The number of nitrogens with two attached hydrogens (primary N) is 1. The van der Waals surface area contributed by atoms with E-state index in [1.54, 1.807) is 0 Å². The topological polar surface area (TPSA) is 42.1 Å². The summed E-state index contributed by atoms with van der Waals surface area (Å²) in [6, 6.07) is 4.42. The Hall–Kier alpha value is -0.450. The molecule has 2 rings (SSSR count). The maximum absolute atomic E-state index is 5.68. The van der Waals surface area contributed by atoms with E-state index < -0.39 is 0 Å². The van der Waals surface area contributed by atoms with Gasteiger partial charge in [0.15, 0.2) is 0 Å². The van der Waals surface area contributed by atoms with E-state index >= 15 is 0 Å². The number of likely N-dealkylation sites (tertiary alicyclic amines) is 1. The lowest BCUT2D eigenvalue weighted by Gasteiger charge is -2.36. The first kappa shape index (κ1) is 9.12. The van der Waals surface area contributed by atoms with E-state index in [-0.39, 0.29) is 0 Å². The minimum absolute atomic E-state index is 0.371. The molecule has 0 aliphatic carbocycles. The van der Waals surface area contributed by atoms with Gasteiger partial charge in [-0.25, -0.2) is 0 Å². The van der Waals surface area contributed by atoms with Gasteiger partial charge in [-0.3, -0.25) is 9.88 Å². The number of hydrogen-bond donors (Lipinski definition) is 1. The number of halogens is 1. The first-order chi connectivity index (χ1) is 6.24. The van der Waals surface area contributed by atoms with Crippen molar-refractivity contribution in [1.82, 2.24) is 9.88 Å². The van der Waals surface area contributed by atoms with Crippen molar-refractivity contribution in [2.45, 2.75) is 12.6 Å². The summed E-state index contributed by atoms with van der Waals surface area (Å²) in [6.45, 7) is 2.91.